The number of amides is 2. The lowest BCUT2D eigenvalue weighted by Gasteiger charge is -2.10. The summed E-state index contributed by atoms with van der Waals surface area (Å²) >= 11 is 0. The Balaban J connectivity index is 1.52. The molecule has 3 aromatic rings. The van der Waals surface area contributed by atoms with E-state index in [0.717, 1.165) is 18.5 Å². The number of aromatic nitrogens is 3. The predicted molar refractivity (Wildman–Crippen MR) is 96.2 cm³/mol. The maximum absolute atomic E-state index is 12.5. The topological polar surface area (TPSA) is 88.9 Å². The van der Waals surface area contributed by atoms with Gasteiger partial charge < -0.3 is 10.6 Å². The lowest BCUT2D eigenvalue weighted by atomic mass is 10.1. The van der Waals surface area contributed by atoms with Gasteiger partial charge in [0.2, 0.25) is 0 Å². The van der Waals surface area contributed by atoms with Crippen LogP contribution in [0.25, 0.3) is 5.69 Å². The largest absolute Gasteiger partial charge is 0.349 e. The van der Waals surface area contributed by atoms with E-state index < -0.39 is 5.91 Å². The second kappa shape index (κ2) is 6.79. The summed E-state index contributed by atoms with van der Waals surface area (Å²) in [5, 5.41) is 14.0. The zero-order valence-electron chi connectivity index (χ0n) is 13.9. The van der Waals surface area contributed by atoms with E-state index in [1.165, 1.54) is 11.0 Å². The first kappa shape index (κ1) is 16.0. The van der Waals surface area contributed by atoms with Gasteiger partial charge in [-0.05, 0) is 37.1 Å². The van der Waals surface area contributed by atoms with Crippen LogP contribution >= 0.6 is 0 Å². The van der Waals surface area contributed by atoms with E-state index in [-0.39, 0.29) is 17.6 Å². The Morgan fingerprint density at radius 1 is 0.962 bits per heavy atom. The monoisotopic (exact) mass is 347 g/mol. The molecule has 130 valence electrons. The quantitative estimate of drug-likeness (QED) is 0.742. The minimum absolute atomic E-state index is 0.172. The highest BCUT2D eigenvalue weighted by Gasteiger charge is 2.25. The van der Waals surface area contributed by atoms with Gasteiger partial charge in [0.05, 0.1) is 23.1 Å². The van der Waals surface area contributed by atoms with Crippen LogP contribution in [-0.4, -0.2) is 32.9 Å². The maximum Gasteiger partial charge on any atom is 0.277 e. The Morgan fingerprint density at radius 2 is 1.69 bits per heavy atom. The van der Waals surface area contributed by atoms with Crippen molar-refractivity contribution in [2.45, 2.75) is 18.9 Å². The van der Waals surface area contributed by atoms with Crippen molar-refractivity contribution >= 4 is 17.5 Å². The lowest BCUT2D eigenvalue weighted by molar-refractivity contribution is 0.0952. The molecule has 0 radical (unpaired) electrons. The van der Waals surface area contributed by atoms with Gasteiger partial charge in [-0.3, -0.25) is 9.59 Å². The van der Waals surface area contributed by atoms with Crippen molar-refractivity contribution in [1.29, 1.82) is 0 Å². The van der Waals surface area contributed by atoms with Crippen LogP contribution in [0.2, 0.25) is 0 Å². The summed E-state index contributed by atoms with van der Waals surface area (Å²) in [4.78, 5) is 26.2. The summed E-state index contributed by atoms with van der Waals surface area (Å²) in [6.07, 6.45) is 3.40. The first-order chi connectivity index (χ1) is 12.7. The van der Waals surface area contributed by atoms with E-state index in [1.807, 2.05) is 30.3 Å². The standard InChI is InChI=1S/C19H17N5O2/c25-18(21-13-10-11-13)15-8-4-5-9-16(15)22-19(26)17-12-20-24(23-17)14-6-2-1-3-7-14/h1-9,12-13H,10-11H2,(H,21,25)(H,22,26). The van der Waals surface area contributed by atoms with Crippen molar-refractivity contribution in [3.8, 4) is 5.69 Å². The van der Waals surface area contributed by atoms with Crippen molar-refractivity contribution in [3.63, 3.8) is 0 Å². The average Bonchev–Trinajstić information content (AvgIpc) is 3.34. The molecule has 1 aromatic heterocycles. The van der Waals surface area contributed by atoms with E-state index >= 15 is 0 Å². The number of carbonyl (C=O) groups excluding carboxylic acids is 2. The molecule has 0 aliphatic heterocycles. The van der Waals surface area contributed by atoms with Gasteiger partial charge in [-0.15, -0.1) is 5.10 Å². The van der Waals surface area contributed by atoms with Crippen molar-refractivity contribution < 1.29 is 9.59 Å². The van der Waals surface area contributed by atoms with E-state index in [4.69, 9.17) is 0 Å². The minimum Gasteiger partial charge on any atom is -0.349 e. The van der Waals surface area contributed by atoms with Gasteiger partial charge in [-0.2, -0.15) is 9.90 Å². The molecular weight excluding hydrogens is 330 g/mol. The number of hydrogen-bond acceptors (Lipinski definition) is 4. The molecule has 2 aromatic carbocycles. The molecule has 1 fully saturated rings. The number of para-hydroxylation sites is 2. The number of anilines is 1. The average molecular weight is 347 g/mol. The summed E-state index contributed by atoms with van der Waals surface area (Å²) in [7, 11) is 0. The highest BCUT2D eigenvalue weighted by Crippen LogP contribution is 2.21. The Kier molecular flexibility index (Phi) is 4.18. The van der Waals surface area contributed by atoms with Crippen LogP contribution in [0.5, 0.6) is 0 Å². The van der Waals surface area contributed by atoms with Crippen molar-refractivity contribution in [2.75, 3.05) is 5.32 Å². The molecule has 0 unspecified atom stereocenters. The molecule has 2 N–H and O–H groups in total. The van der Waals surface area contributed by atoms with Gasteiger partial charge in [0.15, 0.2) is 5.69 Å². The van der Waals surface area contributed by atoms with Crippen molar-refractivity contribution in [1.82, 2.24) is 20.3 Å². The van der Waals surface area contributed by atoms with Gasteiger partial charge in [0, 0.05) is 6.04 Å². The zero-order valence-corrected chi connectivity index (χ0v) is 13.9. The molecule has 1 aliphatic rings. The van der Waals surface area contributed by atoms with Crippen LogP contribution in [0.1, 0.15) is 33.7 Å². The maximum atomic E-state index is 12.5. The van der Waals surface area contributed by atoms with E-state index in [0.29, 0.717) is 11.3 Å². The van der Waals surface area contributed by atoms with Crippen LogP contribution in [-0.2, 0) is 0 Å². The van der Waals surface area contributed by atoms with Crippen LogP contribution in [0.3, 0.4) is 0 Å². The Hall–Kier alpha value is -3.48. The van der Waals surface area contributed by atoms with Gasteiger partial charge in [0.1, 0.15) is 0 Å². The first-order valence-corrected chi connectivity index (χ1v) is 8.40. The molecule has 0 atom stereocenters. The summed E-state index contributed by atoms with van der Waals surface area (Å²) < 4.78 is 0. The van der Waals surface area contributed by atoms with Crippen LogP contribution in [0.15, 0.2) is 60.8 Å². The minimum atomic E-state index is -0.418. The molecule has 4 rings (SSSR count). The molecule has 1 aliphatic carbocycles. The summed E-state index contributed by atoms with van der Waals surface area (Å²) in [6, 6.07) is 16.5. The van der Waals surface area contributed by atoms with Crippen LogP contribution in [0, 0.1) is 0 Å². The zero-order chi connectivity index (χ0) is 17.9. The molecule has 2 amide bonds. The summed E-state index contributed by atoms with van der Waals surface area (Å²) in [6.45, 7) is 0. The third-order valence-electron chi connectivity index (χ3n) is 4.04. The molecule has 1 saturated carbocycles. The van der Waals surface area contributed by atoms with Gasteiger partial charge in [-0.25, -0.2) is 0 Å². The number of nitrogens with one attached hydrogen (secondary N) is 2. The number of rotatable bonds is 5. The van der Waals surface area contributed by atoms with Crippen molar-refractivity contribution in [2.24, 2.45) is 0 Å². The SMILES string of the molecule is O=C(Nc1ccccc1C(=O)NC1CC1)c1cnn(-c2ccccc2)n1. The molecule has 7 nitrogen and oxygen atoms in total. The molecule has 7 heteroatoms. The fourth-order valence-corrected chi connectivity index (χ4v) is 2.52. The van der Waals surface area contributed by atoms with E-state index in [1.54, 1.807) is 24.3 Å². The summed E-state index contributed by atoms with van der Waals surface area (Å²) in [5.74, 6) is -0.602. The van der Waals surface area contributed by atoms with Crippen LogP contribution < -0.4 is 10.6 Å². The third kappa shape index (κ3) is 3.46. The fourth-order valence-electron chi connectivity index (χ4n) is 2.52. The molecular formula is C19H17N5O2. The third-order valence-corrected chi connectivity index (χ3v) is 4.04. The molecule has 0 saturated heterocycles. The molecule has 0 spiro atoms. The van der Waals surface area contributed by atoms with E-state index in [2.05, 4.69) is 20.8 Å². The van der Waals surface area contributed by atoms with Crippen molar-refractivity contribution in [3.05, 3.63) is 72.1 Å². The summed E-state index contributed by atoms with van der Waals surface area (Å²) in [5.41, 5.74) is 1.81. The Bertz CT molecular complexity index is 947. The van der Waals surface area contributed by atoms with E-state index in [9.17, 15) is 9.59 Å². The second-order valence-electron chi connectivity index (χ2n) is 6.10. The van der Waals surface area contributed by atoms with Crippen LogP contribution in [0.4, 0.5) is 5.69 Å². The smallest absolute Gasteiger partial charge is 0.277 e. The highest BCUT2D eigenvalue weighted by atomic mass is 16.2. The number of carbonyl (C=O) groups is 2. The number of benzene rings is 2. The normalized spacial score (nSPS) is 13.2. The number of hydrogen-bond donors (Lipinski definition) is 2. The predicted octanol–water partition coefficient (Wildman–Crippen LogP) is 2.41. The number of nitrogens with zero attached hydrogens (tertiary/aromatic N) is 3. The molecule has 26 heavy (non-hydrogen) atoms. The first-order valence-electron chi connectivity index (χ1n) is 8.40. The van der Waals surface area contributed by atoms with Gasteiger partial charge >= 0.3 is 0 Å². The Labute approximate surface area is 150 Å². The Morgan fingerprint density at radius 3 is 2.46 bits per heavy atom. The lowest BCUT2D eigenvalue weighted by Crippen LogP contribution is -2.27. The fraction of sp³-hybridized carbons (Fsp3) is 0.158. The van der Waals surface area contributed by atoms with Gasteiger partial charge in [0.25, 0.3) is 11.8 Å². The molecule has 0 bridgehead atoms. The second-order valence-corrected chi connectivity index (χ2v) is 6.10. The molecule has 1 heterocycles. The van der Waals surface area contributed by atoms with Gasteiger partial charge in [-0.1, -0.05) is 30.3 Å². The highest BCUT2D eigenvalue weighted by molar-refractivity contribution is 6.08.